The Balaban J connectivity index is 1.94. The number of Topliss-reactive ketones (excluding diaryl/α,β-unsaturated/α-hetero) is 1. The van der Waals surface area contributed by atoms with Crippen LogP contribution in [0, 0.1) is 5.92 Å². The lowest BCUT2D eigenvalue weighted by Gasteiger charge is -2.39. The summed E-state index contributed by atoms with van der Waals surface area (Å²) in [5.74, 6) is -2.01. The monoisotopic (exact) mass is 347 g/mol. The second-order valence-corrected chi connectivity index (χ2v) is 7.57. The zero-order chi connectivity index (χ0) is 18.1. The van der Waals surface area contributed by atoms with Crippen molar-refractivity contribution in [1.82, 2.24) is 4.90 Å². The van der Waals surface area contributed by atoms with Crippen LogP contribution in [0.3, 0.4) is 0 Å². The van der Waals surface area contributed by atoms with Crippen LogP contribution in [-0.4, -0.2) is 34.5 Å². The van der Waals surface area contributed by atoms with Crippen molar-refractivity contribution in [2.24, 2.45) is 5.92 Å². The van der Waals surface area contributed by atoms with E-state index in [-0.39, 0.29) is 36.3 Å². The molecule has 0 spiro atoms. The smallest absolute Gasteiger partial charge is 0.410 e. The number of nitrogens with zero attached hydrogens (tertiary/aromatic N) is 1. The van der Waals surface area contributed by atoms with E-state index in [0.717, 1.165) is 12.8 Å². The van der Waals surface area contributed by atoms with E-state index in [1.807, 2.05) is 0 Å². The van der Waals surface area contributed by atoms with Gasteiger partial charge in [0.2, 0.25) is 0 Å². The summed E-state index contributed by atoms with van der Waals surface area (Å²) < 4.78 is 42.4. The van der Waals surface area contributed by atoms with E-state index in [1.54, 1.807) is 25.7 Å². The van der Waals surface area contributed by atoms with Crippen LogP contribution in [0.1, 0.15) is 59.3 Å². The number of carbonyl (C=O) groups is 2. The lowest BCUT2D eigenvalue weighted by atomic mass is 9.86. The SMILES string of the molecule is CC(C)(C)OC(=O)N1C2CCC1CC(C(=O)CCC(F)=C(F)F)C2. The predicted octanol–water partition coefficient (Wildman–Crippen LogP) is 4.59. The van der Waals surface area contributed by atoms with Crippen molar-refractivity contribution in [3.63, 3.8) is 0 Å². The molecule has 0 aromatic rings. The minimum Gasteiger partial charge on any atom is -0.444 e. The van der Waals surface area contributed by atoms with Crippen LogP contribution in [0.4, 0.5) is 18.0 Å². The van der Waals surface area contributed by atoms with Gasteiger partial charge in [0, 0.05) is 30.8 Å². The van der Waals surface area contributed by atoms with Crippen molar-refractivity contribution < 1.29 is 27.5 Å². The Hall–Kier alpha value is -1.53. The molecule has 0 aromatic carbocycles. The fraction of sp³-hybridized carbons (Fsp3) is 0.765. The second-order valence-electron chi connectivity index (χ2n) is 7.57. The number of piperidine rings is 1. The van der Waals surface area contributed by atoms with Gasteiger partial charge in [-0.15, -0.1) is 0 Å². The van der Waals surface area contributed by atoms with Crippen molar-refractivity contribution in [3.8, 4) is 0 Å². The molecule has 0 radical (unpaired) electrons. The fourth-order valence-corrected chi connectivity index (χ4v) is 3.58. The number of carbonyl (C=O) groups excluding carboxylic acids is 2. The van der Waals surface area contributed by atoms with Gasteiger partial charge in [0.1, 0.15) is 11.4 Å². The Morgan fingerprint density at radius 1 is 1.04 bits per heavy atom. The van der Waals surface area contributed by atoms with Gasteiger partial charge in [0.25, 0.3) is 0 Å². The van der Waals surface area contributed by atoms with Crippen LogP contribution in [0.25, 0.3) is 0 Å². The summed E-state index contributed by atoms with van der Waals surface area (Å²) in [5, 5.41) is 0. The van der Waals surface area contributed by atoms with E-state index in [0.29, 0.717) is 12.8 Å². The Bertz CT molecular complexity index is 524. The maximum atomic E-state index is 12.9. The lowest BCUT2D eigenvalue weighted by molar-refractivity contribution is -0.125. The van der Waals surface area contributed by atoms with E-state index in [4.69, 9.17) is 4.74 Å². The predicted molar refractivity (Wildman–Crippen MR) is 82.2 cm³/mol. The fourth-order valence-electron chi connectivity index (χ4n) is 3.58. The van der Waals surface area contributed by atoms with Crippen molar-refractivity contribution in [2.75, 3.05) is 0 Å². The molecule has 2 heterocycles. The second kappa shape index (κ2) is 7.15. The quantitative estimate of drug-likeness (QED) is 0.747. The van der Waals surface area contributed by atoms with E-state index in [1.165, 1.54) is 0 Å². The maximum absolute atomic E-state index is 12.9. The lowest BCUT2D eigenvalue weighted by Crippen LogP contribution is -2.49. The van der Waals surface area contributed by atoms with Gasteiger partial charge < -0.3 is 9.64 Å². The van der Waals surface area contributed by atoms with Crippen LogP contribution in [-0.2, 0) is 9.53 Å². The number of hydrogen-bond donors (Lipinski definition) is 0. The molecule has 7 heteroatoms. The Kier molecular flexibility index (Phi) is 5.60. The summed E-state index contributed by atoms with van der Waals surface area (Å²) in [6.07, 6.45) is -0.891. The summed E-state index contributed by atoms with van der Waals surface area (Å²) in [5.41, 5.74) is -0.580. The van der Waals surface area contributed by atoms with Gasteiger partial charge in [-0.25, -0.2) is 9.18 Å². The molecule has 24 heavy (non-hydrogen) atoms. The molecule has 136 valence electrons. The minimum absolute atomic E-state index is 0.0640. The molecule has 2 aliphatic rings. The van der Waals surface area contributed by atoms with E-state index in [9.17, 15) is 22.8 Å². The largest absolute Gasteiger partial charge is 0.444 e. The van der Waals surface area contributed by atoms with E-state index in [2.05, 4.69) is 0 Å². The Morgan fingerprint density at radius 2 is 1.58 bits per heavy atom. The van der Waals surface area contributed by atoms with Gasteiger partial charge in [-0.3, -0.25) is 4.79 Å². The van der Waals surface area contributed by atoms with Gasteiger partial charge in [0.15, 0.2) is 5.83 Å². The first-order chi connectivity index (χ1) is 11.1. The summed E-state index contributed by atoms with van der Waals surface area (Å²) in [6.45, 7) is 5.40. The number of ether oxygens (including phenoxy) is 1. The Morgan fingerprint density at radius 3 is 2.04 bits per heavy atom. The van der Waals surface area contributed by atoms with Crippen LogP contribution in [0.5, 0.6) is 0 Å². The molecule has 2 atom stereocenters. The van der Waals surface area contributed by atoms with Gasteiger partial charge in [-0.2, -0.15) is 8.78 Å². The molecule has 2 aliphatic heterocycles. The van der Waals surface area contributed by atoms with E-state index >= 15 is 0 Å². The average molecular weight is 347 g/mol. The number of fused-ring (bicyclic) bond motifs is 2. The van der Waals surface area contributed by atoms with Crippen molar-refractivity contribution in [3.05, 3.63) is 11.9 Å². The molecule has 2 rings (SSSR count). The maximum Gasteiger partial charge on any atom is 0.410 e. The number of halogens is 3. The average Bonchev–Trinajstić information content (AvgIpc) is 2.73. The normalized spacial score (nSPS) is 26.2. The molecular weight excluding hydrogens is 323 g/mol. The minimum atomic E-state index is -2.36. The first-order valence-corrected chi connectivity index (χ1v) is 8.32. The third kappa shape index (κ3) is 4.51. The molecule has 4 nitrogen and oxygen atoms in total. The molecule has 2 unspecified atom stereocenters. The Labute approximate surface area is 140 Å². The van der Waals surface area contributed by atoms with Gasteiger partial charge >= 0.3 is 12.2 Å². The van der Waals surface area contributed by atoms with Crippen molar-refractivity contribution in [1.29, 1.82) is 0 Å². The zero-order valence-corrected chi connectivity index (χ0v) is 14.3. The molecule has 1 amide bonds. The highest BCUT2D eigenvalue weighted by Crippen LogP contribution is 2.40. The van der Waals surface area contributed by atoms with E-state index < -0.39 is 23.9 Å². The third-order valence-corrected chi connectivity index (χ3v) is 4.59. The highest BCUT2D eigenvalue weighted by atomic mass is 19.3. The third-order valence-electron chi connectivity index (χ3n) is 4.59. The summed E-state index contributed by atoms with van der Waals surface area (Å²) in [7, 11) is 0. The molecule has 0 saturated carbocycles. The number of hydrogen-bond acceptors (Lipinski definition) is 3. The van der Waals surface area contributed by atoms with Crippen molar-refractivity contribution >= 4 is 11.9 Å². The summed E-state index contributed by atoms with van der Waals surface area (Å²) in [4.78, 5) is 26.2. The van der Waals surface area contributed by atoms with Gasteiger partial charge in [0.05, 0.1) is 0 Å². The molecule has 0 aromatic heterocycles. The topological polar surface area (TPSA) is 46.6 Å². The molecule has 2 fully saturated rings. The molecule has 2 bridgehead atoms. The van der Waals surface area contributed by atoms with Gasteiger partial charge in [-0.05, 0) is 46.5 Å². The molecule has 2 saturated heterocycles. The molecule has 0 aliphatic carbocycles. The first-order valence-electron chi connectivity index (χ1n) is 8.32. The zero-order valence-electron chi connectivity index (χ0n) is 14.3. The van der Waals surface area contributed by atoms with Crippen LogP contribution >= 0.6 is 0 Å². The van der Waals surface area contributed by atoms with Crippen LogP contribution in [0.2, 0.25) is 0 Å². The number of rotatable bonds is 4. The molecular formula is C17H24F3NO3. The highest BCUT2D eigenvalue weighted by molar-refractivity contribution is 5.82. The first kappa shape index (κ1) is 18.8. The molecule has 0 N–H and O–H groups in total. The standard InChI is InChI=1S/C17H24F3NO3/c1-17(2,3)24-16(23)21-11-4-5-12(21)9-10(8-11)14(22)7-6-13(18)15(19)20/h10-12H,4-9H2,1-3H3. The highest BCUT2D eigenvalue weighted by Gasteiger charge is 2.46. The van der Waals surface area contributed by atoms with Crippen LogP contribution in [0.15, 0.2) is 11.9 Å². The summed E-state index contributed by atoms with van der Waals surface area (Å²) >= 11 is 0. The number of ketones is 1. The number of allylic oxidation sites excluding steroid dienone is 1. The summed E-state index contributed by atoms with van der Waals surface area (Å²) in [6, 6.07) is -0.128. The number of amides is 1. The van der Waals surface area contributed by atoms with Crippen LogP contribution < -0.4 is 0 Å². The van der Waals surface area contributed by atoms with Gasteiger partial charge in [-0.1, -0.05) is 0 Å². The van der Waals surface area contributed by atoms with Crippen molar-refractivity contribution in [2.45, 2.75) is 77.0 Å².